The van der Waals surface area contributed by atoms with Crippen LogP contribution >= 0.6 is 23.8 Å². The second kappa shape index (κ2) is 5.47. The first-order chi connectivity index (χ1) is 9.56. The lowest BCUT2D eigenvalue weighted by molar-refractivity contribution is 0.168. The molecule has 0 saturated carbocycles. The van der Waals surface area contributed by atoms with Crippen LogP contribution in [0.15, 0.2) is 12.1 Å². The topological polar surface area (TPSA) is 24.0 Å². The van der Waals surface area contributed by atoms with E-state index in [1.54, 1.807) is 6.07 Å². The molecule has 108 valence electrons. The average Bonchev–Trinajstić information content (AvgIpc) is 2.69. The zero-order chi connectivity index (χ0) is 14.3. The molecule has 1 unspecified atom stereocenters. The molecule has 0 spiro atoms. The van der Waals surface area contributed by atoms with Gasteiger partial charge in [-0.15, -0.1) is 0 Å². The number of aromatic amines is 1. The maximum Gasteiger partial charge on any atom is 0.178 e. The van der Waals surface area contributed by atoms with Crippen molar-refractivity contribution < 1.29 is 4.39 Å². The molecule has 1 aliphatic rings. The number of hydrogen-bond acceptors (Lipinski definition) is 2. The van der Waals surface area contributed by atoms with Crippen LogP contribution in [0.3, 0.4) is 0 Å². The Bertz CT molecular complexity index is 694. The molecule has 1 aromatic heterocycles. The Morgan fingerprint density at radius 3 is 3.00 bits per heavy atom. The lowest BCUT2D eigenvalue weighted by Gasteiger charge is -2.32. The Balaban J connectivity index is 2.00. The fourth-order valence-corrected chi connectivity index (χ4v) is 3.36. The van der Waals surface area contributed by atoms with Gasteiger partial charge in [-0.1, -0.05) is 18.0 Å². The molecule has 6 heteroatoms. The highest BCUT2D eigenvalue weighted by molar-refractivity contribution is 7.71. The Labute approximate surface area is 127 Å². The van der Waals surface area contributed by atoms with Crippen LogP contribution in [0.4, 0.5) is 4.39 Å². The fraction of sp³-hybridized carbons (Fsp3) is 0.500. The first-order valence-electron chi connectivity index (χ1n) is 6.84. The number of fused-ring (bicyclic) bond motifs is 1. The van der Waals surface area contributed by atoms with E-state index in [0.717, 1.165) is 18.6 Å². The van der Waals surface area contributed by atoms with Gasteiger partial charge in [-0.05, 0) is 44.7 Å². The second-order valence-electron chi connectivity index (χ2n) is 5.45. The highest BCUT2D eigenvalue weighted by Crippen LogP contribution is 2.25. The van der Waals surface area contributed by atoms with Crippen molar-refractivity contribution in [3.05, 3.63) is 27.7 Å². The van der Waals surface area contributed by atoms with E-state index in [-0.39, 0.29) is 5.02 Å². The molecule has 1 aromatic carbocycles. The van der Waals surface area contributed by atoms with Crippen molar-refractivity contribution in [1.82, 2.24) is 14.5 Å². The molecule has 1 fully saturated rings. The number of hydrogen-bond donors (Lipinski definition) is 1. The van der Waals surface area contributed by atoms with Crippen LogP contribution in [-0.2, 0) is 6.54 Å². The summed E-state index contributed by atoms with van der Waals surface area (Å²) >= 11 is 11.3. The Kier molecular flexibility index (Phi) is 3.84. The number of piperidine rings is 1. The molecule has 1 N–H and O–H groups in total. The summed E-state index contributed by atoms with van der Waals surface area (Å²) in [6.45, 7) is 1.94. The monoisotopic (exact) mass is 313 g/mol. The molecule has 3 nitrogen and oxygen atoms in total. The molecule has 2 aromatic rings. The summed E-state index contributed by atoms with van der Waals surface area (Å²) in [4.78, 5) is 5.43. The van der Waals surface area contributed by atoms with Gasteiger partial charge in [-0.25, -0.2) is 4.39 Å². The lowest BCUT2D eigenvalue weighted by atomic mass is 10.0. The van der Waals surface area contributed by atoms with Crippen LogP contribution in [0, 0.1) is 10.6 Å². The standard InChI is InChI=1S/C14H17ClFN3S/c1-18-5-3-2-4-9(18)8-19-13-6-10(15)11(16)7-12(13)17-14(19)20/h6-7,9H,2-5,8H2,1H3,(H,17,20). The molecule has 1 atom stereocenters. The van der Waals surface area contributed by atoms with Gasteiger partial charge in [0.15, 0.2) is 4.77 Å². The quantitative estimate of drug-likeness (QED) is 0.848. The van der Waals surface area contributed by atoms with E-state index in [2.05, 4.69) is 16.9 Å². The fourth-order valence-electron chi connectivity index (χ4n) is 2.92. The van der Waals surface area contributed by atoms with Gasteiger partial charge in [0.1, 0.15) is 5.82 Å². The third-order valence-corrected chi connectivity index (χ3v) is 4.74. The minimum atomic E-state index is -0.419. The van der Waals surface area contributed by atoms with E-state index >= 15 is 0 Å². The van der Waals surface area contributed by atoms with E-state index < -0.39 is 5.82 Å². The number of nitrogens with zero attached hydrogens (tertiary/aromatic N) is 2. The van der Waals surface area contributed by atoms with Gasteiger partial charge in [0.2, 0.25) is 0 Å². The summed E-state index contributed by atoms with van der Waals surface area (Å²) in [5, 5.41) is 0.136. The van der Waals surface area contributed by atoms with E-state index in [0.29, 0.717) is 16.3 Å². The summed E-state index contributed by atoms with van der Waals surface area (Å²) in [5.41, 5.74) is 1.58. The van der Waals surface area contributed by atoms with Crippen LogP contribution < -0.4 is 0 Å². The zero-order valence-electron chi connectivity index (χ0n) is 11.3. The van der Waals surface area contributed by atoms with Crippen LogP contribution in [0.2, 0.25) is 5.02 Å². The summed E-state index contributed by atoms with van der Waals surface area (Å²) in [5.74, 6) is -0.419. The minimum Gasteiger partial charge on any atom is -0.330 e. The van der Waals surface area contributed by atoms with Crippen LogP contribution in [0.5, 0.6) is 0 Å². The highest BCUT2D eigenvalue weighted by Gasteiger charge is 2.20. The molecule has 1 saturated heterocycles. The number of nitrogens with one attached hydrogen (secondary N) is 1. The van der Waals surface area contributed by atoms with Gasteiger partial charge in [-0.3, -0.25) is 0 Å². The SMILES string of the molecule is CN1CCCCC1Cn1c(=S)[nH]c2cc(F)c(Cl)cc21. The molecule has 0 amide bonds. The maximum absolute atomic E-state index is 13.5. The Hall–Kier alpha value is -0.910. The first kappa shape index (κ1) is 14.0. The normalized spacial score (nSPS) is 20.6. The van der Waals surface area contributed by atoms with Gasteiger partial charge in [-0.2, -0.15) is 0 Å². The van der Waals surface area contributed by atoms with E-state index in [9.17, 15) is 4.39 Å². The molecule has 0 bridgehead atoms. The summed E-state index contributed by atoms with van der Waals surface area (Å²) in [7, 11) is 2.15. The number of H-pyrrole nitrogens is 1. The summed E-state index contributed by atoms with van der Waals surface area (Å²) in [6, 6.07) is 3.54. The highest BCUT2D eigenvalue weighted by atomic mass is 35.5. The molecular weight excluding hydrogens is 297 g/mol. The minimum absolute atomic E-state index is 0.136. The van der Waals surface area contributed by atoms with Gasteiger partial charge < -0.3 is 14.5 Å². The number of likely N-dealkylation sites (tertiary alicyclic amines) is 1. The molecule has 20 heavy (non-hydrogen) atoms. The number of imidazole rings is 1. The van der Waals surface area contributed by atoms with Crippen LogP contribution in [0.25, 0.3) is 11.0 Å². The average molecular weight is 314 g/mol. The number of likely N-dealkylation sites (N-methyl/N-ethyl adjacent to an activating group) is 1. The van der Waals surface area contributed by atoms with Crippen LogP contribution in [-0.4, -0.2) is 34.1 Å². The van der Waals surface area contributed by atoms with Crippen molar-refractivity contribution in [2.75, 3.05) is 13.6 Å². The predicted molar refractivity (Wildman–Crippen MR) is 82.4 cm³/mol. The maximum atomic E-state index is 13.5. The Morgan fingerprint density at radius 2 is 2.25 bits per heavy atom. The van der Waals surface area contributed by atoms with Crippen molar-refractivity contribution in [2.45, 2.75) is 31.8 Å². The summed E-state index contributed by atoms with van der Waals surface area (Å²) < 4.78 is 16.2. The predicted octanol–water partition coefficient (Wildman–Crippen LogP) is 3.98. The first-order valence-corrected chi connectivity index (χ1v) is 7.62. The van der Waals surface area contributed by atoms with Crippen molar-refractivity contribution >= 4 is 34.9 Å². The van der Waals surface area contributed by atoms with Gasteiger partial charge in [0.05, 0.1) is 16.1 Å². The number of halogens is 2. The molecular formula is C14H17ClFN3S. The van der Waals surface area contributed by atoms with Gasteiger partial charge >= 0.3 is 0 Å². The van der Waals surface area contributed by atoms with Gasteiger partial charge in [0.25, 0.3) is 0 Å². The van der Waals surface area contributed by atoms with E-state index in [4.69, 9.17) is 23.8 Å². The van der Waals surface area contributed by atoms with E-state index in [1.807, 2.05) is 4.57 Å². The molecule has 3 rings (SSSR count). The second-order valence-corrected chi connectivity index (χ2v) is 6.25. The number of benzene rings is 1. The Morgan fingerprint density at radius 1 is 1.45 bits per heavy atom. The van der Waals surface area contributed by atoms with Gasteiger partial charge in [0, 0.05) is 18.7 Å². The molecule has 1 aliphatic heterocycles. The van der Waals surface area contributed by atoms with Crippen molar-refractivity contribution in [1.29, 1.82) is 0 Å². The zero-order valence-corrected chi connectivity index (χ0v) is 12.9. The number of rotatable bonds is 2. The lowest BCUT2D eigenvalue weighted by Crippen LogP contribution is -2.39. The number of aromatic nitrogens is 2. The third-order valence-electron chi connectivity index (χ3n) is 4.13. The van der Waals surface area contributed by atoms with Crippen molar-refractivity contribution in [3.63, 3.8) is 0 Å². The summed E-state index contributed by atoms with van der Waals surface area (Å²) in [6.07, 6.45) is 3.67. The van der Waals surface area contributed by atoms with Crippen LogP contribution in [0.1, 0.15) is 19.3 Å². The van der Waals surface area contributed by atoms with Crippen molar-refractivity contribution in [2.24, 2.45) is 0 Å². The largest absolute Gasteiger partial charge is 0.330 e. The van der Waals surface area contributed by atoms with Crippen molar-refractivity contribution in [3.8, 4) is 0 Å². The smallest absolute Gasteiger partial charge is 0.178 e. The molecule has 2 heterocycles. The van der Waals surface area contributed by atoms with E-state index in [1.165, 1.54) is 25.3 Å². The molecule has 0 aliphatic carbocycles. The molecule has 0 radical (unpaired) electrons. The third kappa shape index (κ3) is 2.50.